The lowest BCUT2D eigenvalue weighted by molar-refractivity contribution is -0.130. The molecule has 1 aliphatic heterocycles. The van der Waals surface area contributed by atoms with E-state index in [2.05, 4.69) is 17.4 Å². The maximum absolute atomic E-state index is 12.5. The second kappa shape index (κ2) is 7.47. The minimum absolute atomic E-state index is 0.000534. The number of rotatable bonds is 6. The van der Waals surface area contributed by atoms with Gasteiger partial charge in [0.25, 0.3) is 0 Å². The fourth-order valence-electron chi connectivity index (χ4n) is 2.91. The van der Waals surface area contributed by atoms with Crippen molar-refractivity contribution in [3.8, 4) is 0 Å². The zero-order chi connectivity index (χ0) is 16.9. The molecule has 0 atom stereocenters. The van der Waals surface area contributed by atoms with Crippen molar-refractivity contribution in [2.45, 2.75) is 52.0 Å². The first-order chi connectivity index (χ1) is 10.8. The van der Waals surface area contributed by atoms with Gasteiger partial charge in [0.2, 0.25) is 5.91 Å². The molecular formula is C18H27NO3S. The van der Waals surface area contributed by atoms with Gasteiger partial charge in [-0.3, -0.25) is 4.79 Å². The van der Waals surface area contributed by atoms with Crippen molar-refractivity contribution in [2.75, 3.05) is 11.5 Å². The van der Waals surface area contributed by atoms with Crippen LogP contribution in [0.5, 0.6) is 0 Å². The normalized spacial score (nSPS) is 18.5. The first kappa shape index (κ1) is 18.0. The molecule has 1 aliphatic rings. The lowest BCUT2D eigenvalue weighted by Gasteiger charge is -2.29. The summed E-state index contributed by atoms with van der Waals surface area (Å²) < 4.78 is 22.9. The van der Waals surface area contributed by atoms with Crippen molar-refractivity contribution >= 4 is 15.7 Å². The van der Waals surface area contributed by atoms with Crippen molar-refractivity contribution in [3.63, 3.8) is 0 Å². The van der Waals surface area contributed by atoms with Crippen LogP contribution in [0.3, 0.4) is 0 Å². The highest BCUT2D eigenvalue weighted by atomic mass is 32.2. The fraction of sp³-hybridized carbons (Fsp3) is 0.611. The Morgan fingerprint density at radius 2 is 1.78 bits per heavy atom. The summed E-state index contributed by atoms with van der Waals surface area (Å²) in [5.41, 5.74) is 0.867. The van der Waals surface area contributed by atoms with Crippen LogP contribution in [0.4, 0.5) is 0 Å². The second-order valence-corrected chi connectivity index (χ2v) is 9.43. The van der Waals surface area contributed by atoms with Crippen molar-refractivity contribution in [2.24, 2.45) is 5.41 Å². The summed E-state index contributed by atoms with van der Waals surface area (Å²) in [6.45, 7) is 3.93. The molecule has 1 aromatic rings. The van der Waals surface area contributed by atoms with Crippen LogP contribution in [-0.2, 0) is 21.1 Å². The van der Waals surface area contributed by atoms with Gasteiger partial charge in [0.05, 0.1) is 11.5 Å². The summed E-state index contributed by atoms with van der Waals surface area (Å²) in [5.74, 6) is 0.411. The molecule has 1 aromatic carbocycles. The van der Waals surface area contributed by atoms with Gasteiger partial charge in [-0.25, -0.2) is 8.42 Å². The quantitative estimate of drug-likeness (QED) is 0.868. The van der Waals surface area contributed by atoms with E-state index in [1.807, 2.05) is 32.0 Å². The predicted molar refractivity (Wildman–Crippen MR) is 93.0 cm³/mol. The Morgan fingerprint density at radius 3 is 2.39 bits per heavy atom. The number of nitrogens with one attached hydrogen (secondary N) is 1. The van der Waals surface area contributed by atoms with Crippen LogP contribution < -0.4 is 5.32 Å². The third kappa shape index (κ3) is 5.65. The SMILES string of the molecule is CC(C)(CCCc1ccccc1)C(=O)NC1CCS(=O)(=O)CC1. The highest BCUT2D eigenvalue weighted by molar-refractivity contribution is 7.91. The molecule has 2 rings (SSSR count). The maximum Gasteiger partial charge on any atom is 0.225 e. The summed E-state index contributed by atoms with van der Waals surface area (Å²) >= 11 is 0. The number of hydrogen-bond donors (Lipinski definition) is 1. The number of aryl methyl sites for hydroxylation is 1. The van der Waals surface area contributed by atoms with Gasteiger partial charge in [0, 0.05) is 11.5 Å². The van der Waals surface area contributed by atoms with E-state index in [-0.39, 0.29) is 23.5 Å². The largest absolute Gasteiger partial charge is 0.353 e. The monoisotopic (exact) mass is 337 g/mol. The molecule has 0 bridgehead atoms. The minimum atomic E-state index is -2.88. The molecule has 0 spiro atoms. The lowest BCUT2D eigenvalue weighted by atomic mass is 9.85. The Morgan fingerprint density at radius 1 is 1.17 bits per heavy atom. The van der Waals surface area contributed by atoms with Crippen LogP contribution in [0.2, 0.25) is 0 Å². The molecule has 1 heterocycles. The van der Waals surface area contributed by atoms with Gasteiger partial charge in [0.1, 0.15) is 9.84 Å². The number of benzene rings is 1. The Bertz CT molecular complexity index is 609. The first-order valence-electron chi connectivity index (χ1n) is 8.34. The Balaban J connectivity index is 1.78. The zero-order valence-corrected chi connectivity index (χ0v) is 14.9. The van der Waals surface area contributed by atoms with E-state index < -0.39 is 15.3 Å². The molecule has 1 amide bonds. The summed E-state index contributed by atoms with van der Waals surface area (Å²) in [5, 5.41) is 3.04. The lowest BCUT2D eigenvalue weighted by Crippen LogP contribution is -2.46. The summed E-state index contributed by atoms with van der Waals surface area (Å²) in [7, 11) is -2.88. The van der Waals surface area contributed by atoms with Gasteiger partial charge in [-0.2, -0.15) is 0 Å². The maximum atomic E-state index is 12.5. The topological polar surface area (TPSA) is 63.2 Å². The van der Waals surface area contributed by atoms with Crippen LogP contribution >= 0.6 is 0 Å². The average Bonchev–Trinajstić information content (AvgIpc) is 2.50. The highest BCUT2D eigenvalue weighted by Gasteiger charge is 2.31. The third-order valence-electron chi connectivity index (χ3n) is 4.61. The summed E-state index contributed by atoms with van der Waals surface area (Å²) in [6, 6.07) is 10.3. The van der Waals surface area contributed by atoms with Crippen LogP contribution in [0.15, 0.2) is 30.3 Å². The third-order valence-corrected chi connectivity index (χ3v) is 6.33. The molecule has 0 unspecified atom stereocenters. The smallest absolute Gasteiger partial charge is 0.225 e. The van der Waals surface area contributed by atoms with Gasteiger partial charge in [-0.1, -0.05) is 44.2 Å². The van der Waals surface area contributed by atoms with Gasteiger partial charge in [0.15, 0.2) is 0 Å². The average molecular weight is 337 g/mol. The van der Waals surface area contributed by atoms with Crippen LogP contribution in [0.25, 0.3) is 0 Å². The van der Waals surface area contributed by atoms with Crippen molar-refractivity contribution in [1.29, 1.82) is 0 Å². The minimum Gasteiger partial charge on any atom is -0.353 e. The second-order valence-electron chi connectivity index (χ2n) is 7.12. The summed E-state index contributed by atoms with van der Waals surface area (Å²) in [6.07, 6.45) is 3.82. The van der Waals surface area contributed by atoms with Crippen molar-refractivity contribution in [3.05, 3.63) is 35.9 Å². The molecule has 5 heteroatoms. The number of hydrogen-bond acceptors (Lipinski definition) is 3. The standard InChI is InChI=1S/C18H27NO3S/c1-18(2,12-6-9-15-7-4-3-5-8-15)17(20)19-16-10-13-23(21,22)14-11-16/h3-5,7-8,16H,6,9-14H2,1-2H3,(H,19,20). The molecule has 23 heavy (non-hydrogen) atoms. The Hall–Kier alpha value is -1.36. The van der Waals surface area contributed by atoms with Gasteiger partial charge in [-0.05, 0) is 37.7 Å². The molecule has 0 aromatic heterocycles. The van der Waals surface area contributed by atoms with E-state index in [9.17, 15) is 13.2 Å². The zero-order valence-electron chi connectivity index (χ0n) is 14.0. The van der Waals surface area contributed by atoms with Crippen molar-refractivity contribution < 1.29 is 13.2 Å². The predicted octanol–water partition coefficient (Wildman–Crippen LogP) is 2.73. The number of sulfone groups is 1. The number of carbonyl (C=O) groups is 1. The van der Waals surface area contributed by atoms with Crippen LogP contribution in [-0.4, -0.2) is 31.9 Å². The summed E-state index contributed by atoms with van der Waals surface area (Å²) in [4.78, 5) is 12.5. The van der Waals surface area contributed by atoms with Gasteiger partial charge in [-0.15, -0.1) is 0 Å². The first-order valence-corrected chi connectivity index (χ1v) is 10.2. The molecule has 0 aliphatic carbocycles. The number of carbonyl (C=O) groups excluding carboxylic acids is 1. The van der Waals surface area contributed by atoms with E-state index in [0.29, 0.717) is 12.8 Å². The van der Waals surface area contributed by atoms with E-state index >= 15 is 0 Å². The van der Waals surface area contributed by atoms with Gasteiger partial charge >= 0.3 is 0 Å². The van der Waals surface area contributed by atoms with Crippen LogP contribution in [0.1, 0.15) is 45.1 Å². The Kier molecular flexibility index (Phi) is 5.84. The molecule has 1 N–H and O–H groups in total. The van der Waals surface area contributed by atoms with E-state index in [4.69, 9.17) is 0 Å². The molecule has 1 saturated heterocycles. The molecule has 128 valence electrons. The van der Waals surface area contributed by atoms with E-state index in [1.54, 1.807) is 0 Å². The molecule has 1 fully saturated rings. The van der Waals surface area contributed by atoms with Gasteiger partial charge < -0.3 is 5.32 Å². The molecule has 0 radical (unpaired) electrons. The fourth-order valence-corrected chi connectivity index (χ4v) is 4.40. The highest BCUT2D eigenvalue weighted by Crippen LogP contribution is 2.25. The molecular weight excluding hydrogens is 310 g/mol. The van der Waals surface area contributed by atoms with E-state index in [1.165, 1.54) is 5.56 Å². The Labute approximate surface area is 139 Å². The van der Waals surface area contributed by atoms with Crippen LogP contribution in [0, 0.1) is 5.41 Å². The number of amides is 1. The van der Waals surface area contributed by atoms with E-state index in [0.717, 1.165) is 19.3 Å². The van der Waals surface area contributed by atoms with Crippen molar-refractivity contribution in [1.82, 2.24) is 5.32 Å². The molecule has 0 saturated carbocycles. The molecule has 4 nitrogen and oxygen atoms in total.